The van der Waals surface area contributed by atoms with Crippen LogP contribution in [0.1, 0.15) is 43.3 Å². The minimum atomic E-state index is -0.774. The summed E-state index contributed by atoms with van der Waals surface area (Å²) < 4.78 is 10.6. The molecule has 0 radical (unpaired) electrons. The van der Waals surface area contributed by atoms with Gasteiger partial charge < -0.3 is 14.4 Å². The lowest BCUT2D eigenvalue weighted by atomic mass is 10.1. The molecule has 1 aromatic carbocycles. The van der Waals surface area contributed by atoms with Gasteiger partial charge in [0.15, 0.2) is 0 Å². The summed E-state index contributed by atoms with van der Waals surface area (Å²) in [6.45, 7) is 4.03. The van der Waals surface area contributed by atoms with Crippen molar-refractivity contribution in [3.63, 3.8) is 0 Å². The Balaban J connectivity index is 2.29. The number of rotatable bonds is 5. The van der Waals surface area contributed by atoms with Gasteiger partial charge in [-0.1, -0.05) is 35.5 Å². The summed E-state index contributed by atoms with van der Waals surface area (Å²) in [6.07, 6.45) is -1.14. The van der Waals surface area contributed by atoms with Gasteiger partial charge in [-0.15, -0.1) is 0 Å². The Morgan fingerprint density at radius 2 is 2.06 bits per heavy atom. The molecule has 0 saturated carbocycles. The molecule has 0 aliphatic rings. The Bertz CT molecular complexity index is 482. The van der Waals surface area contributed by atoms with Gasteiger partial charge in [0.1, 0.15) is 12.2 Å². The van der Waals surface area contributed by atoms with Crippen molar-refractivity contribution in [3.8, 4) is 0 Å². The fourth-order valence-corrected chi connectivity index (χ4v) is 1.64. The van der Waals surface area contributed by atoms with Crippen molar-refractivity contribution in [2.45, 2.75) is 26.1 Å². The van der Waals surface area contributed by atoms with Crippen molar-refractivity contribution in [2.24, 2.45) is 0 Å². The molecule has 2 rings (SSSR count). The number of aliphatic hydroxyl groups excluding tert-OH is 1. The predicted molar refractivity (Wildman–Crippen MR) is 64.8 cm³/mol. The number of ether oxygens (including phenoxy) is 1. The van der Waals surface area contributed by atoms with Crippen LogP contribution in [0, 0.1) is 0 Å². The van der Waals surface area contributed by atoms with E-state index in [1.165, 1.54) is 0 Å². The topological polar surface area (TPSA) is 68.4 Å². The quantitative estimate of drug-likeness (QED) is 0.878. The van der Waals surface area contributed by atoms with Crippen LogP contribution in [0.25, 0.3) is 0 Å². The van der Waals surface area contributed by atoms with Crippen LogP contribution < -0.4 is 0 Å². The zero-order chi connectivity index (χ0) is 13.0. The lowest BCUT2D eigenvalue weighted by molar-refractivity contribution is 0.0832. The van der Waals surface area contributed by atoms with E-state index in [1.54, 1.807) is 6.92 Å². The summed E-state index contributed by atoms with van der Waals surface area (Å²) >= 11 is 0. The fraction of sp³-hybridized carbons (Fsp3) is 0.385. The summed E-state index contributed by atoms with van der Waals surface area (Å²) in [6, 6.07) is 9.68. The lowest BCUT2D eigenvalue weighted by Crippen LogP contribution is -2.08. The highest BCUT2D eigenvalue weighted by molar-refractivity contribution is 5.22. The van der Waals surface area contributed by atoms with E-state index in [9.17, 15) is 5.11 Å². The molecule has 1 N–H and O–H groups in total. The molecule has 18 heavy (non-hydrogen) atoms. The van der Waals surface area contributed by atoms with Crippen molar-refractivity contribution >= 4 is 0 Å². The fourth-order valence-electron chi connectivity index (χ4n) is 1.64. The van der Waals surface area contributed by atoms with Crippen LogP contribution >= 0.6 is 0 Å². The highest BCUT2D eigenvalue weighted by Crippen LogP contribution is 2.24. The van der Waals surface area contributed by atoms with Crippen LogP contribution in [0.2, 0.25) is 0 Å². The summed E-state index contributed by atoms with van der Waals surface area (Å²) in [5, 5.41) is 13.2. The van der Waals surface area contributed by atoms with E-state index in [0.717, 1.165) is 5.56 Å². The van der Waals surface area contributed by atoms with E-state index in [0.29, 0.717) is 12.4 Å². The summed E-state index contributed by atoms with van der Waals surface area (Å²) in [7, 11) is 0. The van der Waals surface area contributed by atoms with E-state index in [4.69, 9.17) is 9.26 Å². The molecule has 0 bridgehead atoms. The Morgan fingerprint density at radius 1 is 1.33 bits per heavy atom. The third kappa shape index (κ3) is 2.75. The Labute approximate surface area is 105 Å². The van der Waals surface area contributed by atoms with Crippen molar-refractivity contribution in [1.29, 1.82) is 0 Å². The highest BCUT2D eigenvalue weighted by Gasteiger charge is 2.21. The Kier molecular flexibility index (Phi) is 4.07. The van der Waals surface area contributed by atoms with Crippen LogP contribution in [-0.2, 0) is 4.74 Å². The van der Waals surface area contributed by atoms with Crippen LogP contribution in [-0.4, -0.2) is 21.9 Å². The first kappa shape index (κ1) is 12.7. The average Bonchev–Trinajstić information content (AvgIpc) is 2.86. The van der Waals surface area contributed by atoms with Gasteiger partial charge in [-0.25, -0.2) is 0 Å². The number of aromatic nitrogens is 2. The first-order valence-electron chi connectivity index (χ1n) is 5.90. The normalized spacial score (nSPS) is 14.4. The lowest BCUT2D eigenvalue weighted by Gasteiger charge is -2.13. The van der Waals surface area contributed by atoms with Gasteiger partial charge in [0.25, 0.3) is 5.89 Å². The van der Waals surface area contributed by atoms with Gasteiger partial charge in [-0.05, 0) is 19.4 Å². The molecule has 0 aliphatic carbocycles. The molecule has 2 aromatic rings. The maximum Gasteiger partial charge on any atom is 0.255 e. The molecular weight excluding hydrogens is 232 g/mol. The van der Waals surface area contributed by atoms with Crippen LogP contribution in [0.15, 0.2) is 34.9 Å². The molecule has 0 amide bonds. The monoisotopic (exact) mass is 248 g/mol. The van der Waals surface area contributed by atoms with Gasteiger partial charge in [-0.2, -0.15) is 4.98 Å². The molecule has 0 spiro atoms. The Hall–Kier alpha value is -1.72. The van der Waals surface area contributed by atoms with Gasteiger partial charge in [-0.3, -0.25) is 0 Å². The molecule has 5 heteroatoms. The molecule has 2 unspecified atom stereocenters. The zero-order valence-electron chi connectivity index (χ0n) is 10.4. The molecule has 0 fully saturated rings. The minimum absolute atomic E-state index is 0.200. The molecule has 1 aromatic heterocycles. The molecule has 0 saturated heterocycles. The van der Waals surface area contributed by atoms with Crippen molar-refractivity contribution < 1.29 is 14.4 Å². The molecule has 5 nitrogen and oxygen atoms in total. The largest absolute Gasteiger partial charge is 0.384 e. The summed E-state index contributed by atoms with van der Waals surface area (Å²) in [5.41, 5.74) is 0.956. The Morgan fingerprint density at radius 3 is 2.61 bits per heavy atom. The highest BCUT2D eigenvalue weighted by atomic mass is 16.5. The van der Waals surface area contributed by atoms with Crippen molar-refractivity contribution in [3.05, 3.63) is 47.6 Å². The van der Waals surface area contributed by atoms with Crippen LogP contribution in [0.4, 0.5) is 0 Å². The second kappa shape index (κ2) is 5.75. The van der Waals surface area contributed by atoms with Crippen LogP contribution in [0.3, 0.4) is 0 Å². The van der Waals surface area contributed by atoms with E-state index >= 15 is 0 Å². The summed E-state index contributed by atoms with van der Waals surface area (Å²) in [4.78, 5) is 4.15. The van der Waals surface area contributed by atoms with Gasteiger partial charge in [0.05, 0.1) is 0 Å². The minimum Gasteiger partial charge on any atom is -0.384 e. The first-order valence-corrected chi connectivity index (χ1v) is 5.90. The number of hydrogen-bond donors (Lipinski definition) is 1. The van der Waals surface area contributed by atoms with Crippen molar-refractivity contribution in [2.75, 3.05) is 6.61 Å². The average molecular weight is 248 g/mol. The van der Waals surface area contributed by atoms with Crippen LogP contribution in [0.5, 0.6) is 0 Å². The number of aliphatic hydroxyl groups is 1. The molecule has 2 atom stereocenters. The third-order valence-corrected chi connectivity index (χ3v) is 2.48. The maximum absolute atomic E-state index is 9.38. The number of benzene rings is 1. The number of nitrogens with zero attached hydrogens (tertiary/aromatic N) is 2. The van der Waals surface area contributed by atoms with E-state index in [2.05, 4.69) is 10.1 Å². The predicted octanol–water partition coefficient (Wildman–Crippen LogP) is 2.25. The molecule has 1 heterocycles. The molecular formula is C13H16N2O3. The third-order valence-electron chi connectivity index (χ3n) is 2.48. The van der Waals surface area contributed by atoms with E-state index in [1.807, 2.05) is 37.3 Å². The smallest absolute Gasteiger partial charge is 0.255 e. The van der Waals surface area contributed by atoms with E-state index in [-0.39, 0.29) is 12.0 Å². The van der Waals surface area contributed by atoms with Gasteiger partial charge >= 0.3 is 0 Å². The molecule has 0 aliphatic heterocycles. The molecule has 96 valence electrons. The number of hydrogen-bond acceptors (Lipinski definition) is 5. The second-order valence-electron chi connectivity index (χ2n) is 3.91. The van der Waals surface area contributed by atoms with Gasteiger partial charge in [0, 0.05) is 6.61 Å². The zero-order valence-corrected chi connectivity index (χ0v) is 10.4. The maximum atomic E-state index is 9.38. The van der Waals surface area contributed by atoms with Gasteiger partial charge in [0.2, 0.25) is 5.82 Å². The standard InChI is InChI=1S/C13H16N2O3/c1-3-17-11(10-7-5-4-6-8-10)12-14-13(9(2)16)18-15-12/h4-9,11,16H,3H2,1-2H3. The first-order chi connectivity index (χ1) is 8.72. The SMILES string of the molecule is CCOC(c1ccccc1)c1noc(C(C)O)n1. The summed E-state index contributed by atoms with van der Waals surface area (Å²) in [5.74, 6) is 0.629. The van der Waals surface area contributed by atoms with Crippen molar-refractivity contribution in [1.82, 2.24) is 10.1 Å². The van der Waals surface area contributed by atoms with E-state index < -0.39 is 6.10 Å². The second-order valence-corrected chi connectivity index (χ2v) is 3.91.